The van der Waals surface area contributed by atoms with Crippen molar-refractivity contribution in [3.63, 3.8) is 0 Å². The third-order valence-corrected chi connectivity index (χ3v) is 3.70. The monoisotopic (exact) mass is 273 g/mol. The summed E-state index contributed by atoms with van der Waals surface area (Å²) in [5.41, 5.74) is 0. The van der Waals surface area contributed by atoms with Crippen molar-refractivity contribution < 1.29 is 20.7 Å². The molecule has 0 fully saturated rings. The first kappa shape index (κ1) is 12.4. The van der Waals surface area contributed by atoms with Crippen molar-refractivity contribution >= 4 is 31.8 Å². The van der Waals surface area contributed by atoms with E-state index in [0.29, 0.717) is 6.07 Å². The number of sulfonamides is 1. The summed E-state index contributed by atoms with van der Waals surface area (Å²) in [6.07, 6.45) is 0. The molecule has 0 unspecified atom stereocenters. The fraction of sp³-hybridized carbons (Fsp3) is 0. The predicted octanol–water partition coefficient (Wildman–Crippen LogP) is 0.646. The molecule has 1 aromatic rings. The van der Waals surface area contributed by atoms with E-state index in [4.69, 9.17) is 16.7 Å². The molecule has 0 aliphatic carbocycles. The molecule has 0 aromatic heterocycles. The molecule has 0 atom stereocenters. The summed E-state index contributed by atoms with van der Waals surface area (Å²) in [6, 6.07) is 2.34. The van der Waals surface area contributed by atoms with Crippen molar-refractivity contribution in [1.29, 1.82) is 0 Å². The highest BCUT2D eigenvalue weighted by molar-refractivity contribution is 7.89. The average molecular weight is 274 g/mol. The molecule has 1 rings (SSSR count). The van der Waals surface area contributed by atoms with Crippen LogP contribution in [-0.4, -0.2) is 16.8 Å². The second kappa shape index (κ2) is 3.71. The summed E-state index contributed by atoms with van der Waals surface area (Å²) in [6.45, 7) is 0. The van der Waals surface area contributed by atoms with Crippen LogP contribution in [0.2, 0.25) is 5.02 Å². The zero-order valence-corrected chi connectivity index (χ0v) is 9.40. The van der Waals surface area contributed by atoms with E-state index in [1.165, 1.54) is 0 Å². The van der Waals surface area contributed by atoms with Gasteiger partial charge in [0.25, 0.3) is 0 Å². The molecule has 84 valence electrons. The molecule has 0 spiro atoms. The maximum atomic E-state index is 12.5. The second-order valence-corrected chi connectivity index (χ2v) is 5.86. The molecule has 15 heavy (non-hydrogen) atoms. The SMILES string of the molecule is NS(=O)(=O)c1cc(S(=O)(=O)F)ccc1Cl. The summed E-state index contributed by atoms with van der Waals surface area (Å²) in [5, 5.41) is 4.47. The smallest absolute Gasteiger partial charge is 0.225 e. The topological polar surface area (TPSA) is 94.3 Å². The molecule has 1 aromatic carbocycles. The standard InChI is InChI=1S/C6H5ClFNO4S2/c7-5-2-1-4(14(8,10)11)3-6(5)15(9,12)13/h1-3H,(H2,9,12,13). The Kier molecular flexibility index (Phi) is 3.06. The Labute approximate surface area is 90.9 Å². The molecule has 0 saturated heterocycles. The van der Waals surface area contributed by atoms with Gasteiger partial charge in [-0.15, -0.1) is 3.89 Å². The van der Waals surface area contributed by atoms with Gasteiger partial charge in [0.1, 0.15) is 4.90 Å². The number of halogens is 2. The zero-order chi connectivity index (χ0) is 11.9. The van der Waals surface area contributed by atoms with Gasteiger partial charge in [-0.3, -0.25) is 0 Å². The zero-order valence-electron chi connectivity index (χ0n) is 7.01. The van der Waals surface area contributed by atoms with Crippen molar-refractivity contribution in [2.75, 3.05) is 0 Å². The number of primary sulfonamides is 1. The minimum Gasteiger partial charge on any atom is -0.225 e. The van der Waals surface area contributed by atoms with Gasteiger partial charge in [-0.05, 0) is 18.2 Å². The van der Waals surface area contributed by atoms with Crippen LogP contribution in [0.1, 0.15) is 0 Å². The van der Waals surface area contributed by atoms with Crippen molar-refractivity contribution in [2.45, 2.75) is 9.79 Å². The lowest BCUT2D eigenvalue weighted by Gasteiger charge is -2.02. The molecule has 5 nitrogen and oxygen atoms in total. The van der Waals surface area contributed by atoms with E-state index in [1.807, 2.05) is 0 Å². The Morgan fingerprint density at radius 3 is 2.13 bits per heavy atom. The third-order valence-electron chi connectivity index (χ3n) is 1.49. The van der Waals surface area contributed by atoms with Crippen LogP contribution >= 0.6 is 11.6 Å². The molecule has 0 bridgehead atoms. The largest absolute Gasteiger partial charge is 0.332 e. The molecule has 9 heteroatoms. The Bertz CT molecular complexity index is 596. The van der Waals surface area contributed by atoms with Crippen LogP contribution in [0.3, 0.4) is 0 Å². The van der Waals surface area contributed by atoms with Gasteiger partial charge in [0.15, 0.2) is 0 Å². The predicted molar refractivity (Wildman–Crippen MR) is 51.1 cm³/mol. The van der Waals surface area contributed by atoms with E-state index in [2.05, 4.69) is 0 Å². The Hall–Kier alpha value is -0.700. The minimum absolute atomic E-state index is 0.273. The molecule has 0 heterocycles. The van der Waals surface area contributed by atoms with Crippen LogP contribution in [0.4, 0.5) is 3.89 Å². The van der Waals surface area contributed by atoms with Gasteiger partial charge >= 0.3 is 10.2 Å². The normalized spacial score (nSPS) is 12.7. The molecule has 0 radical (unpaired) electrons. The lowest BCUT2D eigenvalue weighted by Crippen LogP contribution is -2.13. The summed E-state index contributed by atoms with van der Waals surface area (Å²) >= 11 is 5.45. The van der Waals surface area contributed by atoms with Crippen molar-refractivity contribution in [3.8, 4) is 0 Å². The highest BCUT2D eigenvalue weighted by atomic mass is 35.5. The average Bonchev–Trinajstić information content (AvgIpc) is 2.00. The molecular formula is C6H5ClFNO4S2. The summed E-state index contributed by atoms with van der Waals surface area (Å²) in [7, 11) is -9.16. The van der Waals surface area contributed by atoms with Crippen molar-refractivity contribution in [1.82, 2.24) is 0 Å². The fourth-order valence-electron chi connectivity index (χ4n) is 0.853. The maximum Gasteiger partial charge on any atom is 0.332 e. The fourth-order valence-corrected chi connectivity index (χ4v) is 2.49. The third kappa shape index (κ3) is 2.88. The van der Waals surface area contributed by atoms with Crippen LogP contribution in [0.5, 0.6) is 0 Å². The number of nitrogens with two attached hydrogens (primary N) is 1. The van der Waals surface area contributed by atoms with Gasteiger partial charge in [0, 0.05) is 0 Å². The highest BCUT2D eigenvalue weighted by Crippen LogP contribution is 2.24. The van der Waals surface area contributed by atoms with Gasteiger partial charge in [0.2, 0.25) is 10.0 Å². The van der Waals surface area contributed by atoms with E-state index in [0.717, 1.165) is 12.1 Å². The molecule has 2 N–H and O–H groups in total. The molecular weight excluding hydrogens is 269 g/mol. The van der Waals surface area contributed by atoms with Crippen LogP contribution in [0.25, 0.3) is 0 Å². The van der Waals surface area contributed by atoms with Gasteiger partial charge < -0.3 is 0 Å². The lowest BCUT2D eigenvalue weighted by molar-refractivity contribution is 0.552. The van der Waals surface area contributed by atoms with Gasteiger partial charge in [0.05, 0.1) is 9.92 Å². The Morgan fingerprint density at radius 2 is 1.73 bits per heavy atom. The van der Waals surface area contributed by atoms with E-state index < -0.39 is 30.0 Å². The quantitative estimate of drug-likeness (QED) is 0.800. The molecule has 0 saturated carbocycles. The first-order chi connectivity index (χ1) is 6.62. The lowest BCUT2D eigenvalue weighted by atomic mass is 10.4. The number of hydrogen-bond donors (Lipinski definition) is 1. The second-order valence-electron chi connectivity index (χ2n) is 2.58. The van der Waals surface area contributed by atoms with E-state index >= 15 is 0 Å². The van der Waals surface area contributed by atoms with Crippen LogP contribution < -0.4 is 5.14 Å². The Balaban J connectivity index is 3.57. The minimum atomic E-state index is -4.98. The van der Waals surface area contributed by atoms with Crippen LogP contribution in [-0.2, 0) is 20.2 Å². The van der Waals surface area contributed by atoms with E-state index in [-0.39, 0.29) is 5.02 Å². The number of rotatable bonds is 2. The van der Waals surface area contributed by atoms with Crippen LogP contribution in [0.15, 0.2) is 28.0 Å². The van der Waals surface area contributed by atoms with E-state index in [9.17, 15) is 20.7 Å². The number of hydrogen-bond acceptors (Lipinski definition) is 4. The number of benzene rings is 1. The first-order valence-corrected chi connectivity index (χ1v) is 6.70. The van der Waals surface area contributed by atoms with Crippen LogP contribution in [0, 0.1) is 0 Å². The Morgan fingerprint density at radius 1 is 1.20 bits per heavy atom. The van der Waals surface area contributed by atoms with Gasteiger partial charge in [-0.2, -0.15) is 8.42 Å². The van der Waals surface area contributed by atoms with E-state index in [1.54, 1.807) is 0 Å². The highest BCUT2D eigenvalue weighted by Gasteiger charge is 2.19. The molecule has 0 aliphatic rings. The van der Waals surface area contributed by atoms with Gasteiger partial charge in [-0.25, -0.2) is 13.6 Å². The van der Waals surface area contributed by atoms with Gasteiger partial charge in [-0.1, -0.05) is 11.6 Å². The molecule has 0 aliphatic heterocycles. The summed E-state index contributed by atoms with van der Waals surface area (Å²) < 4.78 is 55.3. The maximum absolute atomic E-state index is 12.5. The van der Waals surface area contributed by atoms with Crippen molar-refractivity contribution in [3.05, 3.63) is 23.2 Å². The van der Waals surface area contributed by atoms with Crippen molar-refractivity contribution in [2.24, 2.45) is 5.14 Å². The summed E-state index contributed by atoms with van der Waals surface area (Å²) in [4.78, 5) is -1.45. The first-order valence-electron chi connectivity index (χ1n) is 3.39. The molecule has 0 amide bonds. The summed E-state index contributed by atoms with van der Waals surface area (Å²) in [5.74, 6) is 0.